The number of hydrogen-bond donors (Lipinski definition) is 2. The Morgan fingerprint density at radius 2 is 2.00 bits per heavy atom. The molecule has 0 rings (SSSR count). The van der Waals surface area contributed by atoms with Crippen LogP contribution in [0.3, 0.4) is 0 Å². The van der Waals surface area contributed by atoms with Crippen LogP contribution in [-0.2, 0) is 0 Å². The summed E-state index contributed by atoms with van der Waals surface area (Å²) >= 11 is 0. The van der Waals surface area contributed by atoms with E-state index in [1.54, 1.807) is 0 Å². The lowest BCUT2D eigenvalue weighted by Crippen LogP contribution is -2.18. The van der Waals surface area contributed by atoms with Gasteiger partial charge < -0.3 is 10.4 Å². The van der Waals surface area contributed by atoms with Crippen LogP contribution in [0.5, 0.6) is 0 Å². The Bertz CT molecular complexity index is 46.3. The second-order valence-electron chi connectivity index (χ2n) is 1.87. The summed E-state index contributed by atoms with van der Waals surface area (Å²) in [6.45, 7) is 1.17. The fourth-order valence-electron chi connectivity index (χ4n) is 0.554. The van der Waals surface area contributed by atoms with E-state index in [1.165, 1.54) is 0 Å². The largest absolute Gasteiger partial charge is 0.396 e. The van der Waals surface area contributed by atoms with Gasteiger partial charge in [0.1, 0.15) is 6.67 Å². The van der Waals surface area contributed by atoms with Crippen molar-refractivity contribution in [3.05, 3.63) is 0 Å². The zero-order valence-electron chi connectivity index (χ0n) is 5.57. The molecule has 0 aromatic rings. The molecule has 0 aliphatic carbocycles. The summed E-state index contributed by atoms with van der Waals surface area (Å²) in [5, 5.41) is 11.2. The van der Waals surface area contributed by atoms with Gasteiger partial charge in [-0.2, -0.15) is 0 Å². The number of rotatable bonds is 6. The molecule has 2 nitrogen and oxygen atoms in total. The summed E-state index contributed by atoms with van der Waals surface area (Å²) < 4.78 is 11.4. The van der Waals surface area contributed by atoms with E-state index < -0.39 is 0 Å². The lowest BCUT2D eigenvalue weighted by molar-refractivity contribution is 0.283. The maximum absolute atomic E-state index is 11.4. The molecule has 0 amide bonds. The molecule has 0 bridgehead atoms. The van der Waals surface area contributed by atoms with Crippen LogP contribution in [0.4, 0.5) is 4.39 Å². The van der Waals surface area contributed by atoms with Crippen molar-refractivity contribution < 1.29 is 9.50 Å². The summed E-state index contributed by atoms with van der Waals surface area (Å²) in [7, 11) is 0. The van der Waals surface area contributed by atoms with E-state index in [0.29, 0.717) is 6.54 Å². The highest BCUT2D eigenvalue weighted by molar-refractivity contribution is 4.45. The SMILES string of the molecule is OCCCCNCCF. The molecule has 56 valence electrons. The Kier molecular flexibility index (Phi) is 7.72. The van der Waals surface area contributed by atoms with Crippen LogP contribution < -0.4 is 5.32 Å². The number of nitrogens with one attached hydrogen (secondary N) is 1. The molecular weight excluding hydrogens is 121 g/mol. The molecule has 0 aromatic heterocycles. The summed E-state index contributed by atoms with van der Waals surface area (Å²) in [5.74, 6) is 0. The molecule has 0 spiro atoms. The van der Waals surface area contributed by atoms with Crippen LogP contribution in [0.25, 0.3) is 0 Å². The predicted molar refractivity (Wildman–Crippen MR) is 35.2 cm³/mol. The molecule has 0 atom stereocenters. The van der Waals surface area contributed by atoms with Crippen molar-refractivity contribution in [3.8, 4) is 0 Å². The van der Waals surface area contributed by atoms with E-state index in [1.807, 2.05) is 0 Å². The molecule has 0 saturated heterocycles. The van der Waals surface area contributed by atoms with Gasteiger partial charge in [0.05, 0.1) is 0 Å². The zero-order chi connectivity index (χ0) is 6.95. The molecule has 0 radical (unpaired) electrons. The van der Waals surface area contributed by atoms with Gasteiger partial charge in [-0.25, -0.2) is 4.39 Å². The van der Waals surface area contributed by atoms with Gasteiger partial charge in [-0.15, -0.1) is 0 Å². The molecule has 0 heterocycles. The van der Waals surface area contributed by atoms with Crippen molar-refractivity contribution in [2.75, 3.05) is 26.4 Å². The minimum atomic E-state index is -0.306. The van der Waals surface area contributed by atoms with Gasteiger partial charge in [-0.3, -0.25) is 0 Å². The molecular formula is C6H14FNO. The Morgan fingerprint density at radius 3 is 2.56 bits per heavy atom. The fraction of sp³-hybridized carbons (Fsp3) is 1.00. The highest BCUT2D eigenvalue weighted by Crippen LogP contribution is 1.82. The molecule has 0 unspecified atom stereocenters. The lowest BCUT2D eigenvalue weighted by atomic mass is 10.3. The van der Waals surface area contributed by atoms with Gasteiger partial charge in [-0.1, -0.05) is 0 Å². The molecule has 0 aliphatic heterocycles. The van der Waals surface area contributed by atoms with E-state index in [2.05, 4.69) is 5.32 Å². The molecule has 0 aliphatic rings. The quantitative estimate of drug-likeness (QED) is 0.514. The van der Waals surface area contributed by atoms with Crippen LogP contribution in [0, 0.1) is 0 Å². The summed E-state index contributed by atoms with van der Waals surface area (Å²) in [4.78, 5) is 0. The number of aliphatic hydroxyl groups is 1. The average Bonchev–Trinajstić information content (AvgIpc) is 1.89. The smallest absolute Gasteiger partial charge is 0.102 e. The highest BCUT2D eigenvalue weighted by atomic mass is 19.1. The zero-order valence-corrected chi connectivity index (χ0v) is 5.57. The Labute approximate surface area is 55.1 Å². The third-order valence-electron chi connectivity index (χ3n) is 1.03. The molecule has 0 saturated carbocycles. The summed E-state index contributed by atoms with van der Waals surface area (Å²) in [6.07, 6.45) is 1.73. The van der Waals surface area contributed by atoms with Gasteiger partial charge in [0.25, 0.3) is 0 Å². The van der Waals surface area contributed by atoms with E-state index in [9.17, 15) is 4.39 Å². The van der Waals surface area contributed by atoms with Crippen molar-refractivity contribution in [2.45, 2.75) is 12.8 Å². The van der Waals surface area contributed by atoms with Crippen molar-refractivity contribution in [1.29, 1.82) is 0 Å². The molecule has 0 fully saturated rings. The van der Waals surface area contributed by atoms with Crippen LogP contribution >= 0.6 is 0 Å². The average molecular weight is 135 g/mol. The van der Waals surface area contributed by atoms with E-state index in [-0.39, 0.29) is 13.3 Å². The third kappa shape index (κ3) is 7.85. The number of aliphatic hydroxyl groups excluding tert-OH is 1. The van der Waals surface area contributed by atoms with Gasteiger partial charge in [-0.05, 0) is 19.4 Å². The predicted octanol–water partition coefficient (Wildman–Crippen LogP) is 0.318. The maximum Gasteiger partial charge on any atom is 0.102 e. The van der Waals surface area contributed by atoms with Crippen LogP contribution in [-0.4, -0.2) is 31.5 Å². The number of hydrogen-bond acceptors (Lipinski definition) is 2. The van der Waals surface area contributed by atoms with E-state index in [4.69, 9.17) is 5.11 Å². The monoisotopic (exact) mass is 135 g/mol. The van der Waals surface area contributed by atoms with E-state index >= 15 is 0 Å². The molecule has 2 N–H and O–H groups in total. The number of alkyl halides is 1. The third-order valence-corrected chi connectivity index (χ3v) is 1.03. The first kappa shape index (κ1) is 8.85. The minimum Gasteiger partial charge on any atom is -0.396 e. The Morgan fingerprint density at radius 1 is 1.22 bits per heavy atom. The second-order valence-corrected chi connectivity index (χ2v) is 1.87. The van der Waals surface area contributed by atoms with Gasteiger partial charge in [0.2, 0.25) is 0 Å². The Balaban J connectivity index is 2.60. The lowest BCUT2D eigenvalue weighted by Gasteiger charge is -1.98. The second kappa shape index (κ2) is 7.85. The van der Waals surface area contributed by atoms with Gasteiger partial charge in [0.15, 0.2) is 0 Å². The number of unbranched alkanes of at least 4 members (excludes halogenated alkanes) is 1. The number of halogens is 1. The fourth-order valence-corrected chi connectivity index (χ4v) is 0.554. The van der Waals surface area contributed by atoms with Crippen molar-refractivity contribution in [2.24, 2.45) is 0 Å². The first-order chi connectivity index (χ1) is 4.41. The van der Waals surface area contributed by atoms with Crippen molar-refractivity contribution in [1.82, 2.24) is 5.32 Å². The van der Waals surface area contributed by atoms with Crippen molar-refractivity contribution >= 4 is 0 Å². The summed E-state index contributed by atoms with van der Waals surface area (Å²) in [5.41, 5.74) is 0. The summed E-state index contributed by atoms with van der Waals surface area (Å²) in [6, 6.07) is 0. The standard InChI is InChI=1S/C6H14FNO/c7-3-5-8-4-1-2-6-9/h8-9H,1-6H2. The van der Waals surface area contributed by atoms with Crippen LogP contribution in [0.2, 0.25) is 0 Å². The first-order valence-corrected chi connectivity index (χ1v) is 3.29. The molecule has 0 aromatic carbocycles. The molecule has 9 heavy (non-hydrogen) atoms. The molecule has 3 heteroatoms. The van der Waals surface area contributed by atoms with E-state index in [0.717, 1.165) is 19.4 Å². The highest BCUT2D eigenvalue weighted by Gasteiger charge is 1.85. The topological polar surface area (TPSA) is 32.3 Å². The Hall–Kier alpha value is -0.150. The first-order valence-electron chi connectivity index (χ1n) is 3.29. The van der Waals surface area contributed by atoms with Crippen molar-refractivity contribution in [3.63, 3.8) is 0 Å². The van der Waals surface area contributed by atoms with Gasteiger partial charge >= 0.3 is 0 Å². The van der Waals surface area contributed by atoms with Gasteiger partial charge in [0, 0.05) is 13.2 Å². The maximum atomic E-state index is 11.4. The normalized spacial score (nSPS) is 10.0. The minimum absolute atomic E-state index is 0.233. The van der Waals surface area contributed by atoms with Crippen LogP contribution in [0.1, 0.15) is 12.8 Å². The van der Waals surface area contributed by atoms with Crippen LogP contribution in [0.15, 0.2) is 0 Å².